The first-order valence-electron chi connectivity index (χ1n) is 4.94. The van der Waals surface area contributed by atoms with Crippen molar-refractivity contribution in [2.24, 2.45) is 0 Å². The molecule has 0 bridgehead atoms. The number of hydrogen-bond acceptors (Lipinski definition) is 1. The van der Waals surface area contributed by atoms with Gasteiger partial charge >= 0.3 is 0 Å². The molecule has 0 heterocycles. The molecular formula is C13H6Cl2F2O. The summed E-state index contributed by atoms with van der Waals surface area (Å²) in [6, 6.07) is 7.22. The zero-order chi connectivity index (χ0) is 13.3. The molecule has 0 spiro atoms. The maximum Gasteiger partial charge on any atom is 0.198 e. The Morgan fingerprint density at radius 2 is 1.61 bits per heavy atom. The Bertz CT molecular complexity index is 606. The zero-order valence-electron chi connectivity index (χ0n) is 8.88. The zero-order valence-corrected chi connectivity index (χ0v) is 10.4. The van der Waals surface area contributed by atoms with Gasteiger partial charge in [-0.15, -0.1) is 0 Å². The number of hydrogen-bond donors (Lipinski definition) is 0. The fourth-order valence-corrected chi connectivity index (χ4v) is 2.09. The molecule has 0 atom stereocenters. The normalized spacial score (nSPS) is 10.4. The summed E-state index contributed by atoms with van der Waals surface area (Å²) < 4.78 is 26.3. The third-order valence-corrected chi connectivity index (χ3v) is 3.00. The van der Waals surface area contributed by atoms with E-state index in [9.17, 15) is 13.6 Å². The van der Waals surface area contributed by atoms with Gasteiger partial charge in [0.05, 0.1) is 21.2 Å². The molecule has 0 unspecified atom stereocenters. The van der Waals surface area contributed by atoms with Gasteiger partial charge in [0.25, 0.3) is 0 Å². The van der Waals surface area contributed by atoms with Gasteiger partial charge in [0.15, 0.2) is 5.78 Å². The smallest absolute Gasteiger partial charge is 0.198 e. The van der Waals surface area contributed by atoms with Gasteiger partial charge < -0.3 is 0 Å². The van der Waals surface area contributed by atoms with Gasteiger partial charge in [0.1, 0.15) is 11.6 Å². The number of carbonyl (C=O) groups is 1. The summed E-state index contributed by atoms with van der Waals surface area (Å²) in [6.07, 6.45) is 0. The number of halogens is 4. The van der Waals surface area contributed by atoms with Crippen LogP contribution in [-0.2, 0) is 0 Å². The molecule has 2 aromatic carbocycles. The van der Waals surface area contributed by atoms with E-state index in [4.69, 9.17) is 23.2 Å². The summed E-state index contributed by atoms with van der Waals surface area (Å²) in [5.74, 6) is -2.38. The second-order valence-electron chi connectivity index (χ2n) is 3.55. The molecule has 5 heteroatoms. The van der Waals surface area contributed by atoms with Crippen LogP contribution in [0.4, 0.5) is 8.78 Å². The Labute approximate surface area is 112 Å². The molecular weight excluding hydrogens is 281 g/mol. The third kappa shape index (κ3) is 2.37. The van der Waals surface area contributed by atoms with Gasteiger partial charge in [0, 0.05) is 6.07 Å². The van der Waals surface area contributed by atoms with E-state index >= 15 is 0 Å². The molecule has 0 radical (unpaired) electrons. The Balaban J connectivity index is 2.55. The van der Waals surface area contributed by atoms with Crippen molar-refractivity contribution in [3.8, 4) is 0 Å². The molecule has 18 heavy (non-hydrogen) atoms. The van der Waals surface area contributed by atoms with E-state index in [1.165, 1.54) is 12.1 Å². The summed E-state index contributed by atoms with van der Waals surface area (Å²) in [4.78, 5) is 12.1. The molecule has 2 rings (SSSR count). The summed E-state index contributed by atoms with van der Waals surface area (Å²) in [5, 5.41) is 0.243. The average molecular weight is 287 g/mol. The summed E-state index contributed by atoms with van der Waals surface area (Å²) in [6.45, 7) is 0. The second kappa shape index (κ2) is 5.04. The Morgan fingerprint density at radius 1 is 1.00 bits per heavy atom. The van der Waals surface area contributed by atoms with Crippen LogP contribution >= 0.6 is 23.2 Å². The number of benzene rings is 2. The summed E-state index contributed by atoms with van der Waals surface area (Å²) >= 11 is 11.7. The lowest BCUT2D eigenvalue weighted by Crippen LogP contribution is -2.06. The highest BCUT2D eigenvalue weighted by molar-refractivity contribution is 6.41. The molecule has 0 aliphatic rings. The maximum atomic E-state index is 13.5. The highest BCUT2D eigenvalue weighted by Gasteiger charge is 2.19. The molecule has 0 aromatic heterocycles. The van der Waals surface area contributed by atoms with Crippen molar-refractivity contribution >= 4 is 29.0 Å². The second-order valence-corrected chi connectivity index (χ2v) is 4.36. The van der Waals surface area contributed by atoms with Crippen LogP contribution in [0.5, 0.6) is 0 Å². The van der Waals surface area contributed by atoms with E-state index in [-0.39, 0.29) is 21.2 Å². The van der Waals surface area contributed by atoms with Crippen LogP contribution in [0.25, 0.3) is 0 Å². The third-order valence-electron chi connectivity index (χ3n) is 2.37. The minimum absolute atomic E-state index is 0.00587. The van der Waals surface area contributed by atoms with Gasteiger partial charge in [-0.3, -0.25) is 4.79 Å². The monoisotopic (exact) mass is 286 g/mol. The largest absolute Gasteiger partial charge is 0.288 e. The quantitative estimate of drug-likeness (QED) is 0.743. The van der Waals surface area contributed by atoms with Crippen LogP contribution in [0.3, 0.4) is 0 Å². The van der Waals surface area contributed by atoms with Gasteiger partial charge in [-0.2, -0.15) is 0 Å². The van der Waals surface area contributed by atoms with E-state index in [0.29, 0.717) is 6.07 Å². The van der Waals surface area contributed by atoms with Crippen molar-refractivity contribution in [1.29, 1.82) is 0 Å². The first-order chi connectivity index (χ1) is 8.50. The van der Waals surface area contributed by atoms with Crippen molar-refractivity contribution < 1.29 is 13.6 Å². The highest BCUT2D eigenvalue weighted by atomic mass is 35.5. The van der Waals surface area contributed by atoms with Crippen molar-refractivity contribution in [2.75, 3.05) is 0 Å². The van der Waals surface area contributed by atoms with E-state index in [1.54, 1.807) is 6.07 Å². The van der Waals surface area contributed by atoms with Crippen LogP contribution in [-0.4, -0.2) is 5.78 Å². The van der Waals surface area contributed by atoms with E-state index in [1.807, 2.05) is 0 Å². The lowest BCUT2D eigenvalue weighted by Gasteiger charge is -2.06. The Morgan fingerprint density at radius 3 is 2.17 bits per heavy atom. The first-order valence-corrected chi connectivity index (χ1v) is 5.70. The van der Waals surface area contributed by atoms with Crippen LogP contribution in [0.1, 0.15) is 15.9 Å². The fourth-order valence-electron chi connectivity index (χ4n) is 1.52. The van der Waals surface area contributed by atoms with Crippen molar-refractivity contribution in [1.82, 2.24) is 0 Å². The predicted octanol–water partition coefficient (Wildman–Crippen LogP) is 4.50. The van der Waals surface area contributed by atoms with Crippen LogP contribution in [0, 0.1) is 11.6 Å². The van der Waals surface area contributed by atoms with Gasteiger partial charge in [-0.25, -0.2) is 8.78 Å². The topological polar surface area (TPSA) is 17.1 Å². The van der Waals surface area contributed by atoms with Crippen molar-refractivity contribution in [2.45, 2.75) is 0 Å². The minimum atomic E-state index is -0.948. The number of ketones is 1. The van der Waals surface area contributed by atoms with E-state index < -0.39 is 17.4 Å². The van der Waals surface area contributed by atoms with Crippen molar-refractivity contribution in [3.63, 3.8) is 0 Å². The molecule has 0 saturated heterocycles. The molecule has 0 N–H and O–H groups in total. The van der Waals surface area contributed by atoms with Crippen LogP contribution in [0.2, 0.25) is 10.0 Å². The lowest BCUT2D eigenvalue weighted by atomic mass is 10.0. The number of carbonyl (C=O) groups excluding carboxylic acids is 1. The van der Waals surface area contributed by atoms with Crippen LogP contribution < -0.4 is 0 Å². The fraction of sp³-hybridized carbons (Fsp3) is 0. The molecule has 0 aliphatic heterocycles. The first kappa shape index (κ1) is 13.0. The Hall–Kier alpha value is -1.45. The van der Waals surface area contributed by atoms with Gasteiger partial charge in [-0.05, 0) is 24.3 Å². The maximum absolute atomic E-state index is 13.5. The molecule has 0 fully saturated rings. The van der Waals surface area contributed by atoms with E-state index in [2.05, 4.69) is 0 Å². The number of rotatable bonds is 2. The predicted molar refractivity (Wildman–Crippen MR) is 66.3 cm³/mol. The summed E-state index contributed by atoms with van der Waals surface area (Å²) in [7, 11) is 0. The van der Waals surface area contributed by atoms with E-state index in [0.717, 1.165) is 12.1 Å². The molecule has 0 aliphatic carbocycles. The Kier molecular flexibility index (Phi) is 3.64. The summed E-state index contributed by atoms with van der Waals surface area (Å²) in [5.41, 5.74) is -0.266. The molecule has 2 aromatic rings. The minimum Gasteiger partial charge on any atom is -0.288 e. The van der Waals surface area contributed by atoms with Gasteiger partial charge in [-0.1, -0.05) is 29.3 Å². The highest BCUT2D eigenvalue weighted by Crippen LogP contribution is 2.27. The SMILES string of the molecule is O=C(c1ccc(F)cc1F)c1c(Cl)cccc1Cl. The average Bonchev–Trinajstić information content (AvgIpc) is 2.28. The molecule has 92 valence electrons. The van der Waals surface area contributed by atoms with Crippen molar-refractivity contribution in [3.05, 3.63) is 69.2 Å². The molecule has 0 saturated carbocycles. The lowest BCUT2D eigenvalue weighted by molar-refractivity contribution is 0.103. The molecule has 1 nitrogen and oxygen atoms in total. The molecule has 0 amide bonds. The van der Waals surface area contributed by atoms with Gasteiger partial charge in [0.2, 0.25) is 0 Å². The van der Waals surface area contributed by atoms with Crippen LogP contribution in [0.15, 0.2) is 36.4 Å². The standard InChI is InChI=1S/C13H6Cl2F2O/c14-9-2-1-3-10(15)12(9)13(18)8-5-4-7(16)6-11(8)17/h1-6H.